The van der Waals surface area contributed by atoms with E-state index in [4.69, 9.17) is 0 Å². The summed E-state index contributed by atoms with van der Waals surface area (Å²) in [5, 5.41) is 0. The molecule has 0 aliphatic carbocycles. The van der Waals surface area contributed by atoms with Gasteiger partial charge in [0.05, 0.1) is 0 Å². The molecule has 0 aromatic rings. The van der Waals surface area contributed by atoms with Crippen LogP contribution in [-0.2, 0) is 0 Å². The molecule has 0 fully saturated rings. The van der Waals surface area contributed by atoms with Crippen molar-refractivity contribution in [1.82, 2.24) is 0 Å². The van der Waals surface area contributed by atoms with Crippen LogP contribution < -0.4 is 0 Å². The average molecular weight is 379 g/mol. The van der Waals surface area contributed by atoms with Crippen LogP contribution in [0.2, 0.25) is 0 Å². The smallest absolute Gasteiger partial charge is 0.0255 e. The minimum Gasteiger partial charge on any atom is -0.103 e. The Labute approximate surface area is 174 Å². The van der Waals surface area contributed by atoms with Gasteiger partial charge in [0.2, 0.25) is 0 Å². The van der Waals surface area contributed by atoms with E-state index >= 15 is 0 Å². The van der Waals surface area contributed by atoms with Crippen LogP contribution in [0.1, 0.15) is 96.9 Å². The predicted molar refractivity (Wildman–Crippen MR) is 130 cm³/mol. The van der Waals surface area contributed by atoms with Gasteiger partial charge in [-0.1, -0.05) is 126 Å². The summed E-state index contributed by atoms with van der Waals surface area (Å²) in [4.78, 5) is 0. The molecule has 0 heteroatoms. The van der Waals surface area contributed by atoms with Crippen molar-refractivity contribution in [3.63, 3.8) is 0 Å². The normalized spacial score (nSPS) is 11.4. The monoisotopic (exact) mass is 378 g/mol. The maximum Gasteiger partial charge on any atom is -0.0255 e. The highest BCUT2D eigenvalue weighted by Gasteiger charge is 2.18. The molecule has 0 aromatic heterocycles. The molecule has 0 unspecified atom stereocenters. The summed E-state index contributed by atoms with van der Waals surface area (Å²) in [6.45, 7) is 35.1. The van der Waals surface area contributed by atoms with Crippen LogP contribution >= 0.6 is 0 Å². The largest absolute Gasteiger partial charge is 0.103 e. The van der Waals surface area contributed by atoms with Crippen molar-refractivity contribution >= 4 is 0 Å². The third-order valence-electron chi connectivity index (χ3n) is 4.17. The second-order valence-corrected chi connectivity index (χ2v) is 9.88. The van der Waals surface area contributed by atoms with Crippen molar-refractivity contribution < 1.29 is 0 Å². The molecule has 0 rings (SSSR count). The van der Waals surface area contributed by atoms with Crippen LogP contribution in [0.15, 0.2) is 36.0 Å². The fraction of sp³-hybridized carbons (Fsp3) is 0.778. The van der Waals surface area contributed by atoms with E-state index in [0.717, 1.165) is 0 Å². The zero-order valence-electron chi connectivity index (χ0n) is 21.5. The summed E-state index contributed by atoms with van der Waals surface area (Å²) < 4.78 is 0. The van der Waals surface area contributed by atoms with Crippen LogP contribution in [0, 0.1) is 41.4 Å². The summed E-state index contributed by atoms with van der Waals surface area (Å²) in [6, 6.07) is 0. The Balaban J connectivity index is -0.000000372. The molecule has 27 heavy (non-hydrogen) atoms. The highest BCUT2D eigenvalue weighted by atomic mass is 14.2. The summed E-state index contributed by atoms with van der Waals surface area (Å²) >= 11 is 0. The van der Waals surface area contributed by atoms with Crippen LogP contribution in [0.4, 0.5) is 0 Å². The molecule has 0 nitrogen and oxygen atoms in total. The molecule has 0 saturated heterocycles. The van der Waals surface area contributed by atoms with E-state index in [-0.39, 0.29) is 0 Å². The maximum atomic E-state index is 3.56. The third-order valence-corrected chi connectivity index (χ3v) is 4.17. The Morgan fingerprint density at radius 2 is 0.630 bits per heavy atom. The Morgan fingerprint density at radius 1 is 0.444 bits per heavy atom. The first kappa shape index (κ1) is 30.9. The number of rotatable bonds is 7. The van der Waals surface area contributed by atoms with Crippen molar-refractivity contribution in [1.29, 1.82) is 0 Å². The molecule has 0 atom stereocenters. The molecule has 162 valence electrons. The molecule has 0 radical (unpaired) electrons. The molecule has 0 heterocycles. The lowest BCUT2D eigenvalue weighted by molar-refractivity contribution is 0.537. The maximum absolute atomic E-state index is 3.56. The van der Waals surface area contributed by atoms with E-state index in [2.05, 4.69) is 116 Å². The quantitative estimate of drug-likeness (QED) is 0.387. The highest BCUT2D eigenvalue weighted by Crippen LogP contribution is 2.32. The molecule has 0 saturated carbocycles. The lowest BCUT2D eigenvalue weighted by atomic mass is 9.79. The SMILES string of the molecule is C=CC(C)C.CC(C)/C=C/C(C)C.CC(C)C(=C(C(C)C)C(C)C)C(C)C. The van der Waals surface area contributed by atoms with Gasteiger partial charge >= 0.3 is 0 Å². The molecule has 0 amide bonds. The zero-order chi connectivity index (χ0) is 22.3. The highest BCUT2D eigenvalue weighted by molar-refractivity contribution is 5.21. The summed E-state index contributed by atoms with van der Waals surface area (Å²) in [5.74, 6) is 4.82. The van der Waals surface area contributed by atoms with Gasteiger partial charge in [0.25, 0.3) is 0 Å². The van der Waals surface area contributed by atoms with Gasteiger partial charge in [0, 0.05) is 0 Å². The van der Waals surface area contributed by atoms with Gasteiger partial charge in [0.15, 0.2) is 0 Å². The fourth-order valence-electron chi connectivity index (χ4n) is 3.11. The molecule has 0 N–H and O–H groups in total. The van der Waals surface area contributed by atoms with Crippen molar-refractivity contribution in [2.45, 2.75) is 96.9 Å². The zero-order valence-corrected chi connectivity index (χ0v) is 21.5. The summed E-state index contributed by atoms with van der Waals surface area (Å²) in [5.41, 5.74) is 3.35. The van der Waals surface area contributed by atoms with Crippen LogP contribution in [-0.4, -0.2) is 0 Å². The van der Waals surface area contributed by atoms with Crippen molar-refractivity contribution in [3.8, 4) is 0 Å². The third kappa shape index (κ3) is 19.8. The standard InChI is InChI=1S/C14H28.C8H16.C5H10/c1-9(2)13(10(3)4)14(11(5)6)12(7)8;1-7(2)5-6-8(3)4;1-4-5(2)3/h9-12H,1-8H3;5-8H,1-4H3;4-5H,1H2,2-3H3/b;6-5+;. The van der Waals surface area contributed by atoms with E-state index < -0.39 is 0 Å². The Hall–Kier alpha value is -0.780. The van der Waals surface area contributed by atoms with E-state index in [9.17, 15) is 0 Å². The van der Waals surface area contributed by atoms with Gasteiger partial charge in [-0.2, -0.15) is 0 Å². The first-order valence-corrected chi connectivity index (χ1v) is 11.2. The van der Waals surface area contributed by atoms with Gasteiger partial charge in [-0.3, -0.25) is 0 Å². The van der Waals surface area contributed by atoms with Crippen molar-refractivity contribution in [2.75, 3.05) is 0 Å². The lowest BCUT2D eigenvalue weighted by Crippen LogP contribution is -2.14. The minimum absolute atomic E-state index is 0.648. The van der Waals surface area contributed by atoms with Gasteiger partial charge in [-0.15, -0.1) is 6.58 Å². The van der Waals surface area contributed by atoms with Crippen LogP contribution in [0.25, 0.3) is 0 Å². The first-order chi connectivity index (χ1) is 12.2. The van der Waals surface area contributed by atoms with Crippen LogP contribution in [0.3, 0.4) is 0 Å². The summed E-state index contributed by atoms with van der Waals surface area (Å²) in [7, 11) is 0. The van der Waals surface area contributed by atoms with Gasteiger partial charge in [0.1, 0.15) is 0 Å². The first-order valence-electron chi connectivity index (χ1n) is 11.2. The van der Waals surface area contributed by atoms with Gasteiger partial charge in [-0.25, -0.2) is 0 Å². The predicted octanol–water partition coefficient (Wildman–Crippen LogP) is 9.59. The van der Waals surface area contributed by atoms with Crippen LogP contribution in [0.5, 0.6) is 0 Å². The van der Waals surface area contributed by atoms with E-state index in [1.807, 2.05) is 6.08 Å². The van der Waals surface area contributed by atoms with Crippen molar-refractivity contribution in [3.05, 3.63) is 36.0 Å². The van der Waals surface area contributed by atoms with E-state index in [1.165, 1.54) is 0 Å². The molecular weight excluding hydrogens is 324 g/mol. The number of hydrogen-bond donors (Lipinski definition) is 0. The topological polar surface area (TPSA) is 0 Å². The van der Waals surface area contributed by atoms with Gasteiger partial charge in [-0.05, 0) is 41.4 Å². The Morgan fingerprint density at radius 3 is 0.704 bits per heavy atom. The van der Waals surface area contributed by atoms with E-state index in [0.29, 0.717) is 41.4 Å². The fourth-order valence-corrected chi connectivity index (χ4v) is 3.11. The van der Waals surface area contributed by atoms with E-state index in [1.54, 1.807) is 11.1 Å². The Kier molecular flexibility index (Phi) is 19.9. The molecule has 0 aromatic carbocycles. The molecule has 0 aliphatic rings. The second kappa shape index (κ2) is 17.3. The number of hydrogen-bond acceptors (Lipinski definition) is 0. The summed E-state index contributed by atoms with van der Waals surface area (Å²) in [6.07, 6.45) is 6.40. The average Bonchev–Trinajstić information content (AvgIpc) is 2.50. The van der Waals surface area contributed by atoms with Gasteiger partial charge < -0.3 is 0 Å². The lowest BCUT2D eigenvalue weighted by Gasteiger charge is -2.27. The molecule has 0 aliphatic heterocycles. The minimum atomic E-state index is 0.648. The number of allylic oxidation sites excluding steroid dienone is 5. The molecular formula is C27H54. The van der Waals surface area contributed by atoms with Crippen molar-refractivity contribution in [2.24, 2.45) is 41.4 Å². The second-order valence-electron chi connectivity index (χ2n) is 9.88. The molecule has 0 spiro atoms. The molecule has 0 bridgehead atoms. The Bertz CT molecular complexity index is 346.